The number of likely N-dealkylation sites (tertiary alicyclic amines) is 1. The Morgan fingerprint density at radius 2 is 1.82 bits per heavy atom. The van der Waals surface area contributed by atoms with Crippen LogP contribution in [0.25, 0.3) is 11.0 Å². The highest BCUT2D eigenvalue weighted by molar-refractivity contribution is 5.80. The topological polar surface area (TPSA) is 99.5 Å². The molecule has 0 radical (unpaired) electrons. The highest BCUT2D eigenvalue weighted by Crippen LogP contribution is 2.37. The Morgan fingerprint density at radius 1 is 1.12 bits per heavy atom. The molecule has 34 heavy (non-hydrogen) atoms. The van der Waals surface area contributed by atoms with Crippen LogP contribution in [0, 0.1) is 11.8 Å². The molecule has 0 atom stereocenters. The smallest absolute Gasteiger partial charge is 0.303 e. The number of anilines is 1. The highest BCUT2D eigenvalue weighted by Gasteiger charge is 2.29. The second-order valence-corrected chi connectivity index (χ2v) is 10.4. The summed E-state index contributed by atoms with van der Waals surface area (Å²) in [5.41, 5.74) is 3.41. The number of aromatic nitrogens is 2. The van der Waals surface area contributed by atoms with E-state index in [2.05, 4.69) is 38.3 Å². The Labute approximate surface area is 202 Å². The predicted octanol–water partition coefficient (Wildman–Crippen LogP) is 4.02. The molecule has 1 aliphatic carbocycles. The first-order chi connectivity index (χ1) is 16.3. The SMILES string of the molecule is CNc1nc2ccc(CN3CCC(CC(=O)O)CC3)cc2n1C1CCC(C(=O)NC(C)C)CC1. The number of carboxylic acids is 1. The van der Waals surface area contributed by atoms with Crippen LogP contribution in [-0.4, -0.2) is 57.6 Å². The fourth-order valence-electron chi connectivity index (χ4n) is 5.64. The summed E-state index contributed by atoms with van der Waals surface area (Å²) in [6.45, 7) is 6.78. The van der Waals surface area contributed by atoms with Crippen molar-refractivity contribution in [1.29, 1.82) is 0 Å². The number of rotatable bonds is 8. The number of carboxylic acid groups (broad SMARTS) is 1. The van der Waals surface area contributed by atoms with Gasteiger partial charge >= 0.3 is 5.97 Å². The number of fused-ring (bicyclic) bond motifs is 1. The molecule has 8 nitrogen and oxygen atoms in total. The summed E-state index contributed by atoms with van der Waals surface area (Å²) in [4.78, 5) is 30.7. The van der Waals surface area contributed by atoms with E-state index < -0.39 is 5.97 Å². The van der Waals surface area contributed by atoms with Crippen LogP contribution < -0.4 is 10.6 Å². The molecule has 186 valence electrons. The van der Waals surface area contributed by atoms with Crippen LogP contribution in [0.2, 0.25) is 0 Å². The zero-order chi connectivity index (χ0) is 24.2. The first-order valence-electron chi connectivity index (χ1n) is 12.8. The number of benzene rings is 1. The number of piperidine rings is 1. The van der Waals surface area contributed by atoms with E-state index in [4.69, 9.17) is 10.1 Å². The van der Waals surface area contributed by atoms with E-state index in [0.29, 0.717) is 12.0 Å². The molecule has 1 aliphatic heterocycles. The minimum absolute atomic E-state index is 0.103. The summed E-state index contributed by atoms with van der Waals surface area (Å²) >= 11 is 0. The Bertz CT molecular complexity index is 1000. The Balaban J connectivity index is 1.45. The monoisotopic (exact) mass is 469 g/mol. The zero-order valence-electron chi connectivity index (χ0n) is 20.7. The lowest BCUT2D eigenvalue weighted by Gasteiger charge is -2.31. The molecule has 2 aromatic rings. The Kier molecular flexibility index (Phi) is 7.76. The first-order valence-corrected chi connectivity index (χ1v) is 12.8. The average molecular weight is 470 g/mol. The van der Waals surface area contributed by atoms with Gasteiger partial charge in [0.1, 0.15) is 0 Å². The van der Waals surface area contributed by atoms with E-state index in [1.54, 1.807) is 0 Å². The second-order valence-electron chi connectivity index (χ2n) is 10.4. The summed E-state index contributed by atoms with van der Waals surface area (Å²) < 4.78 is 2.34. The predicted molar refractivity (Wildman–Crippen MR) is 134 cm³/mol. The molecule has 8 heteroatoms. The zero-order valence-corrected chi connectivity index (χ0v) is 20.7. The molecule has 2 aliphatic rings. The summed E-state index contributed by atoms with van der Waals surface area (Å²) in [5.74, 6) is 0.788. The van der Waals surface area contributed by atoms with E-state index in [-0.39, 0.29) is 24.3 Å². The van der Waals surface area contributed by atoms with Gasteiger partial charge in [-0.25, -0.2) is 4.98 Å². The molecule has 4 rings (SSSR count). The number of hydrogen-bond donors (Lipinski definition) is 3. The van der Waals surface area contributed by atoms with Gasteiger partial charge in [0, 0.05) is 38.0 Å². The highest BCUT2D eigenvalue weighted by atomic mass is 16.4. The van der Waals surface area contributed by atoms with Gasteiger partial charge in [0.15, 0.2) is 0 Å². The van der Waals surface area contributed by atoms with Crippen molar-refractivity contribution in [2.45, 2.75) is 77.4 Å². The number of carbonyl (C=O) groups is 2. The molecule has 2 fully saturated rings. The summed E-state index contributed by atoms with van der Waals surface area (Å²) in [7, 11) is 1.92. The van der Waals surface area contributed by atoms with E-state index in [1.807, 2.05) is 20.9 Å². The van der Waals surface area contributed by atoms with E-state index in [9.17, 15) is 9.59 Å². The Morgan fingerprint density at radius 3 is 2.44 bits per heavy atom. The molecule has 0 bridgehead atoms. The van der Waals surface area contributed by atoms with Gasteiger partial charge in [0.05, 0.1) is 11.0 Å². The van der Waals surface area contributed by atoms with Crippen molar-refractivity contribution in [3.05, 3.63) is 23.8 Å². The minimum atomic E-state index is -0.688. The van der Waals surface area contributed by atoms with Gasteiger partial charge < -0.3 is 20.3 Å². The van der Waals surface area contributed by atoms with Crippen LogP contribution in [0.4, 0.5) is 5.95 Å². The number of imidazole rings is 1. The van der Waals surface area contributed by atoms with Crippen molar-refractivity contribution in [2.75, 3.05) is 25.5 Å². The minimum Gasteiger partial charge on any atom is -0.481 e. The largest absolute Gasteiger partial charge is 0.481 e. The summed E-state index contributed by atoms with van der Waals surface area (Å²) in [6, 6.07) is 7.05. The lowest BCUT2D eigenvalue weighted by atomic mass is 9.85. The number of nitrogens with one attached hydrogen (secondary N) is 2. The molecule has 1 amide bonds. The maximum absolute atomic E-state index is 12.5. The van der Waals surface area contributed by atoms with Crippen molar-refractivity contribution in [2.24, 2.45) is 11.8 Å². The second kappa shape index (κ2) is 10.8. The number of carbonyl (C=O) groups excluding carboxylic acids is 1. The lowest BCUT2D eigenvalue weighted by Crippen LogP contribution is -2.37. The number of hydrogen-bond acceptors (Lipinski definition) is 5. The molecule has 1 aromatic heterocycles. The average Bonchev–Trinajstić information content (AvgIpc) is 3.17. The van der Waals surface area contributed by atoms with Gasteiger partial charge in [-0.3, -0.25) is 14.5 Å². The number of nitrogens with zero attached hydrogens (tertiary/aromatic N) is 3. The van der Waals surface area contributed by atoms with E-state index >= 15 is 0 Å². The lowest BCUT2D eigenvalue weighted by molar-refractivity contribution is -0.138. The number of aliphatic carboxylic acids is 1. The molecule has 0 spiro atoms. The molecule has 1 saturated heterocycles. The molecule has 0 unspecified atom stereocenters. The van der Waals surface area contributed by atoms with Crippen molar-refractivity contribution in [1.82, 2.24) is 19.8 Å². The summed E-state index contributed by atoms with van der Waals surface area (Å²) in [6.07, 6.45) is 5.92. The van der Waals surface area contributed by atoms with Gasteiger partial charge in [-0.15, -0.1) is 0 Å². The van der Waals surface area contributed by atoms with Crippen LogP contribution in [-0.2, 0) is 16.1 Å². The fourth-order valence-corrected chi connectivity index (χ4v) is 5.64. The maximum Gasteiger partial charge on any atom is 0.303 e. The third kappa shape index (κ3) is 5.71. The molecule has 3 N–H and O–H groups in total. The van der Waals surface area contributed by atoms with E-state index in [1.165, 1.54) is 5.56 Å². The first kappa shape index (κ1) is 24.5. The Hall–Kier alpha value is -2.61. The summed E-state index contributed by atoms with van der Waals surface area (Å²) in [5, 5.41) is 15.4. The normalized spacial score (nSPS) is 22.2. The molecule has 2 heterocycles. The van der Waals surface area contributed by atoms with Crippen LogP contribution in [0.3, 0.4) is 0 Å². The maximum atomic E-state index is 12.5. The van der Waals surface area contributed by atoms with Crippen LogP contribution >= 0.6 is 0 Å². The standard InChI is InChI=1S/C26H39N5O3/c1-17(2)28-25(34)20-5-7-21(8-6-20)31-23-14-19(4-9-22(23)29-26(31)27-3)16-30-12-10-18(11-13-30)15-24(32)33/h4,9,14,17-18,20-21H,5-8,10-13,15-16H2,1-3H3,(H,27,29)(H,28,34)(H,32,33). The molecule has 1 saturated carbocycles. The number of amides is 1. The van der Waals surface area contributed by atoms with Crippen molar-refractivity contribution < 1.29 is 14.7 Å². The third-order valence-corrected chi connectivity index (χ3v) is 7.42. The van der Waals surface area contributed by atoms with Crippen molar-refractivity contribution in [3.63, 3.8) is 0 Å². The van der Waals surface area contributed by atoms with Crippen LogP contribution in [0.1, 0.15) is 70.4 Å². The quantitative estimate of drug-likeness (QED) is 0.540. The van der Waals surface area contributed by atoms with Gasteiger partial charge in [0.2, 0.25) is 11.9 Å². The molecule has 1 aromatic carbocycles. The molecular formula is C26H39N5O3. The van der Waals surface area contributed by atoms with Gasteiger partial charge in [-0.1, -0.05) is 6.07 Å². The van der Waals surface area contributed by atoms with Crippen molar-refractivity contribution in [3.8, 4) is 0 Å². The van der Waals surface area contributed by atoms with Gasteiger partial charge in [-0.05, 0) is 89.1 Å². The van der Waals surface area contributed by atoms with Crippen LogP contribution in [0.15, 0.2) is 18.2 Å². The fraction of sp³-hybridized carbons (Fsp3) is 0.654. The van der Waals surface area contributed by atoms with Crippen molar-refractivity contribution >= 4 is 28.9 Å². The van der Waals surface area contributed by atoms with E-state index in [0.717, 1.165) is 75.1 Å². The van der Waals surface area contributed by atoms with Crippen LogP contribution in [0.5, 0.6) is 0 Å². The van der Waals surface area contributed by atoms with Gasteiger partial charge in [0.25, 0.3) is 0 Å². The van der Waals surface area contributed by atoms with Gasteiger partial charge in [-0.2, -0.15) is 0 Å². The third-order valence-electron chi connectivity index (χ3n) is 7.42. The molecular weight excluding hydrogens is 430 g/mol.